The van der Waals surface area contributed by atoms with Crippen molar-refractivity contribution < 1.29 is 9.18 Å². The number of imidazole rings is 1. The first kappa shape index (κ1) is 17.6. The molecule has 0 bridgehead atoms. The Hall–Kier alpha value is -2.18. The van der Waals surface area contributed by atoms with Crippen LogP contribution >= 0.6 is 27.5 Å². The molecule has 1 amide bonds. The molecule has 1 N–H and O–H groups in total. The van der Waals surface area contributed by atoms with Crippen LogP contribution in [0.4, 0.5) is 4.39 Å². The highest BCUT2D eigenvalue weighted by Crippen LogP contribution is 2.25. The van der Waals surface area contributed by atoms with E-state index < -0.39 is 6.04 Å². The number of hydrogen-bond acceptors (Lipinski definition) is 2. The zero-order valence-corrected chi connectivity index (χ0v) is 15.6. The molecular weight excluding hydrogens is 409 g/mol. The van der Waals surface area contributed by atoms with Gasteiger partial charge in [0, 0.05) is 23.9 Å². The first-order chi connectivity index (χ1) is 12.0. The first-order valence-electron chi connectivity index (χ1n) is 7.44. The molecule has 128 valence electrons. The van der Waals surface area contributed by atoms with Gasteiger partial charge >= 0.3 is 0 Å². The smallest absolute Gasteiger partial charge is 0.253 e. The highest BCUT2D eigenvalue weighted by molar-refractivity contribution is 9.10. The fraction of sp³-hybridized carbons (Fsp3) is 0.111. The first-order valence-corrected chi connectivity index (χ1v) is 8.61. The van der Waals surface area contributed by atoms with E-state index in [0.29, 0.717) is 22.0 Å². The summed E-state index contributed by atoms with van der Waals surface area (Å²) in [5.41, 5.74) is 0.917. The van der Waals surface area contributed by atoms with Gasteiger partial charge in [0.05, 0.1) is 10.6 Å². The quantitative estimate of drug-likeness (QED) is 0.673. The summed E-state index contributed by atoms with van der Waals surface area (Å²) in [6.45, 7) is 0. The van der Waals surface area contributed by atoms with Crippen LogP contribution in [0.25, 0.3) is 0 Å². The molecule has 0 fully saturated rings. The highest BCUT2D eigenvalue weighted by atomic mass is 79.9. The van der Waals surface area contributed by atoms with E-state index in [4.69, 9.17) is 11.6 Å². The third-order valence-corrected chi connectivity index (χ3v) is 4.57. The van der Waals surface area contributed by atoms with Gasteiger partial charge in [0.25, 0.3) is 5.91 Å². The van der Waals surface area contributed by atoms with Crippen LogP contribution in [-0.2, 0) is 7.05 Å². The summed E-state index contributed by atoms with van der Waals surface area (Å²) in [6.07, 6.45) is 3.39. The Morgan fingerprint density at radius 2 is 2.12 bits per heavy atom. The molecule has 1 aromatic heterocycles. The number of benzene rings is 2. The van der Waals surface area contributed by atoms with E-state index in [1.807, 2.05) is 7.05 Å². The monoisotopic (exact) mass is 421 g/mol. The lowest BCUT2D eigenvalue weighted by molar-refractivity contribution is 0.0941. The Balaban J connectivity index is 2.00. The molecule has 0 aliphatic heterocycles. The highest BCUT2D eigenvalue weighted by Gasteiger charge is 2.23. The van der Waals surface area contributed by atoms with Gasteiger partial charge in [-0.3, -0.25) is 4.79 Å². The number of carbonyl (C=O) groups excluding carboxylic acids is 1. The van der Waals surface area contributed by atoms with Gasteiger partial charge in [0.15, 0.2) is 0 Å². The molecule has 3 aromatic rings. The molecule has 0 spiro atoms. The Morgan fingerprint density at radius 1 is 1.32 bits per heavy atom. The number of nitrogens with one attached hydrogen (secondary N) is 1. The zero-order valence-electron chi connectivity index (χ0n) is 13.2. The number of amides is 1. The van der Waals surface area contributed by atoms with E-state index in [0.717, 1.165) is 4.47 Å². The van der Waals surface area contributed by atoms with E-state index >= 15 is 0 Å². The number of aryl methyl sites for hydroxylation is 1. The van der Waals surface area contributed by atoms with E-state index in [-0.39, 0.29) is 11.7 Å². The maximum absolute atomic E-state index is 13.7. The van der Waals surface area contributed by atoms with Crippen molar-refractivity contribution in [3.63, 3.8) is 0 Å². The lowest BCUT2D eigenvalue weighted by Gasteiger charge is -2.19. The number of carbonyl (C=O) groups is 1. The third kappa shape index (κ3) is 3.91. The second-order valence-corrected chi connectivity index (χ2v) is 6.80. The molecule has 0 saturated carbocycles. The zero-order chi connectivity index (χ0) is 18.0. The Bertz CT molecular complexity index is 928. The summed E-state index contributed by atoms with van der Waals surface area (Å²) in [5, 5.41) is 3.23. The van der Waals surface area contributed by atoms with E-state index in [9.17, 15) is 9.18 Å². The van der Waals surface area contributed by atoms with Crippen molar-refractivity contribution in [1.82, 2.24) is 14.9 Å². The van der Waals surface area contributed by atoms with Crippen LogP contribution in [0.5, 0.6) is 0 Å². The molecular formula is C18H14BrClFN3O. The van der Waals surface area contributed by atoms with Crippen LogP contribution in [0, 0.1) is 5.82 Å². The number of hydrogen-bond donors (Lipinski definition) is 1. The normalized spacial score (nSPS) is 12.0. The van der Waals surface area contributed by atoms with Crippen LogP contribution in [0.3, 0.4) is 0 Å². The molecule has 4 nitrogen and oxygen atoms in total. The average Bonchev–Trinajstić information content (AvgIpc) is 3.00. The van der Waals surface area contributed by atoms with Crippen molar-refractivity contribution in [3.05, 3.63) is 87.1 Å². The number of rotatable bonds is 4. The van der Waals surface area contributed by atoms with Crippen LogP contribution < -0.4 is 5.32 Å². The lowest BCUT2D eigenvalue weighted by Crippen LogP contribution is -2.31. The number of nitrogens with zero attached hydrogens (tertiary/aromatic N) is 2. The molecule has 0 aliphatic carbocycles. The number of halogens is 3. The van der Waals surface area contributed by atoms with Gasteiger partial charge in [-0.1, -0.05) is 39.7 Å². The van der Waals surface area contributed by atoms with Crippen LogP contribution in [0.2, 0.25) is 5.02 Å². The van der Waals surface area contributed by atoms with Gasteiger partial charge < -0.3 is 9.88 Å². The molecule has 7 heteroatoms. The third-order valence-electron chi connectivity index (χ3n) is 3.75. The molecule has 3 rings (SSSR count). The van der Waals surface area contributed by atoms with Gasteiger partial charge in [-0.25, -0.2) is 9.37 Å². The van der Waals surface area contributed by atoms with Crippen molar-refractivity contribution in [2.45, 2.75) is 6.04 Å². The lowest BCUT2D eigenvalue weighted by atomic mass is 10.0. The SMILES string of the molecule is Cn1ccnc1[C@H](NC(=O)c1cc(Br)ccc1Cl)c1cccc(F)c1. The van der Waals surface area contributed by atoms with Crippen molar-refractivity contribution in [2.75, 3.05) is 0 Å². The predicted octanol–water partition coefficient (Wildman–Crippen LogP) is 4.49. The van der Waals surface area contributed by atoms with Gasteiger partial charge in [0.1, 0.15) is 17.7 Å². The van der Waals surface area contributed by atoms with E-state index in [2.05, 4.69) is 26.2 Å². The topological polar surface area (TPSA) is 46.9 Å². The standard InChI is InChI=1S/C18H14BrClFN3O/c1-24-8-7-22-17(24)16(11-3-2-4-13(21)9-11)23-18(25)14-10-12(19)5-6-15(14)20/h2-10,16H,1H3,(H,23,25)/t16-/m1/s1. The van der Waals surface area contributed by atoms with Crippen molar-refractivity contribution >= 4 is 33.4 Å². The minimum absolute atomic E-state index is 0.326. The van der Waals surface area contributed by atoms with Gasteiger partial charge in [0.2, 0.25) is 0 Å². The minimum Gasteiger partial charge on any atom is -0.338 e. The summed E-state index contributed by atoms with van der Waals surface area (Å²) < 4.78 is 16.2. The molecule has 2 aromatic carbocycles. The molecule has 25 heavy (non-hydrogen) atoms. The second kappa shape index (κ2) is 7.37. The van der Waals surface area contributed by atoms with Crippen LogP contribution in [0.15, 0.2) is 59.3 Å². The van der Waals surface area contributed by atoms with Gasteiger partial charge in [-0.2, -0.15) is 0 Å². The van der Waals surface area contributed by atoms with E-state index in [1.54, 1.807) is 47.3 Å². The predicted molar refractivity (Wildman–Crippen MR) is 98.1 cm³/mol. The average molecular weight is 423 g/mol. The van der Waals surface area contributed by atoms with Crippen molar-refractivity contribution in [3.8, 4) is 0 Å². The summed E-state index contributed by atoms with van der Waals surface area (Å²) in [5.74, 6) is -0.167. The minimum atomic E-state index is -0.613. The summed E-state index contributed by atoms with van der Waals surface area (Å²) in [6, 6.07) is 10.5. The molecule has 0 radical (unpaired) electrons. The largest absolute Gasteiger partial charge is 0.338 e. The molecule has 1 heterocycles. The van der Waals surface area contributed by atoms with Gasteiger partial charge in [-0.15, -0.1) is 0 Å². The Morgan fingerprint density at radius 3 is 2.80 bits per heavy atom. The van der Waals surface area contributed by atoms with Crippen LogP contribution in [-0.4, -0.2) is 15.5 Å². The molecule has 0 unspecified atom stereocenters. The van der Waals surface area contributed by atoms with Crippen LogP contribution in [0.1, 0.15) is 27.8 Å². The maximum atomic E-state index is 13.7. The van der Waals surface area contributed by atoms with Crippen molar-refractivity contribution in [1.29, 1.82) is 0 Å². The summed E-state index contributed by atoms with van der Waals surface area (Å²) in [4.78, 5) is 17.0. The molecule has 0 saturated heterocycles. The molecule has 0 aliphatic rings. The Kier molecular flexibility index (Phi) is 5.20. The van der Waals surface area contributed by atoms with Crippen molar-refractivity contribution in [2.24, 2.45) is 7.05 Å². The number of aromatic nitrogens is 2. The summed E-state index contributed by atoms with van der Waals surface area (Å²) in [7, 11) is 1.81. The van der Waals surface area contributed by atoms with Gasteiger partial charge in [-0.05, 0) is 35.9 Å². The van der Waals surface area contributed by atoms with E-state index in [1.165, 1.54) is 12.1 Å². The summed E-state index contributed by atoms with van der Waals surface area (Å²) >= 11 is 9.47. The molecule has 1 atom stereocenters. The fourth-order valence-electron chi connectivity index (χ4n) is 2.52. The maximum Gasteiger partial charge on any atom is 0.253 e. The fourth-order valence-corrected chi connectivity index (χ4v) is 3.08. The second-order valence-electron chi connectivity index (χ2n) is 5.48. The Labute approximate surface area is 157 Å².